The molecule has 2 fully saturated rings. The lowest BCUT2D eigenvalue weighted by Crippen LogP contribution is -2.60. The zero-order valence-corrected chi connectivity index (χ0v) is 26.7. The number of aliphatic hydroxyl groups excluding tert-OH is 9. The molecule has 45 heavy (non-hydrogen) atoms. The molecule has 0 bridgehead atoms. The average Bonchev–Trinajstić information content (AvgIpc) is 3.02. The van der Waals surface area contributed by atoms with Crippen molar-refractivity contribution in [2.75, 3.05) is 19.8 Å². The molecular weight excluding hydrogens is 592 g/mol. The molecule has 13 nitrogen and oxygen atoms in total. The van der Waals surface area contributed by atoms with Gasteiger partial charge in [-0.1, -0.05) is 35.5 Å². The number of aliphatic hydroxyl groups is 9. The maximum Gasteiger partial charge on any atom is 0.187 e. The summed E-state index contributed by atoms with van der Waals surface area (Å²) >= 11 is 0. The quantitative estimate of drug-likeness (QED) is 0.0930. The molecule has 0 aromatic heterocycles. The first-order valence-corrected chi connectivity index (χ1v) is 15.4. The molecule has 0 radical (unpaired) electrons. The van der Waals surface area contributed by atoms with Gasteiger partial charge >= 0.3 is 0 Å². The van der Waals surface area contributed by atoms with E-state index in [4.69, 9.17) is 18.9 Å². The van der Waals surface area contributed by atoms with Crippen molar-refractivity contribution in [3.63, 3.8) is 0 Å². The van der Waals surface area contributed by atoms with Crippen LogP contribution in [0.15, 0.2) is 47.6 Å². The van der Waals surface area contributed by atoms with Crippen LogP contribution in [0.25, 0.3) is 0 Å². The van der Waals surface area contributed by atoms with E-state index in [2.05, 4.69) is 12.7 Å². The summed E-state index contributed by atoms with van der Waals surface area (Å²) in [6.45, 7) is 10.2. The summed E-state index contributed by atoms with van der Waals surface area (Å²) in [4.78, 5) is 0. The molecule has 13 heteroatoms. The fraction of sp³-hybridized carbons (Fsp3) is 0.750. The van der Waals surface area contributed by atoms with Gasteiger partial charge < -0.3 is 64.9 Å². The lowest BCUT2D eigenvalue weighted by atomic mass is 9.96. The van der Waals surface area contributed by atoms with E-state index in [1.165, 1.54) is 0 Å². The van der Waals surface area contributed by atoms with E-state index in [-0.39, 0.29) is 6.61 Å². The van der Waals surface area contributed by atoms with Crippen LogP contribution in [0.5, 0.6) is 0 Å². The standard InChI is InChI=1S/C32H54O13/c1-6-32(5,45-31-29(41)27(39)25(37)23(16-34)44-31)14-8-10-18(2)9-7-11-20(4)21(35)13-12-19(3)17-42-30-28(40)26(38)24(36)22(15-33)43-30/h6,10-12,21-31,33-41H,1,7-9,13-17H2,2-5H3. The van der Waals surface area contributed by atoms with Crippen molar-refractivity contribution in [1.29, 1.82) is 0 Å². The molecule has 12 unspecified atom stereocenters. The third-order valence-electron chi connectivity index (χ3n) is 8.34. The molecule has 0 amide bonds. The highest BCUT2D eigenvalue weighted by Crippen LogP contribution is 2.29. The maximum absolute atomic E-state index is 10.6. The van der Waals surface area contributed by atoms with E-state index in [0.29, 0.717) is 25.7 Å². The van der Waals surface area contributed by atoms with E-state index >= 15 is 0 Å². The molecule has 2 heterocycles. The molecule has 0 aromatic carbocycles. The molecule has 2 saturated heterocycles. The zero-order valence-electron chi connectivity index (χ0n) is 26.7. The Morgan fingerprint density at radius 1 is 0.778 bits per heavy atom. The molecular formula is C32H54O13. The highest BCUT2D eigenvalue weighted by molar-refractivity contribution is 5.11. The Kier molecular flexibility index (Phi) is 16.5. The Morgan fingerprint density at radius 2 is 1.33 bits per heavy atom. The van der Waals surface area contributed by atoms with Crippen LogP contribution in [-0.4, -0.2) is 139 Å². The first-order chi connectivity index (χ1) is 21.2. The van der Waals surface area contributed by atoms with E-state index < -0.39 is 86.3 Å². The van der Waals surface area contributed by atoms with Crippen molar-refractivity contribution in [1.82, 2.24) is 0 Å². The average molecular weight is 647 g/mol. The van der Waals surface area contributed by atoms with Crippen LogP contribution in [0.2, 0.25) is 0 Å². The van der Waals surface area contributed by atoms with Crippen molar-refractivity contribution in [3.05, 3.63) is 47.6 Å². The number of rotatable bonds is 17. The highest BCUT2D eigenvalue weighted by Gasteiger charge is 2.46. The summed E-state index contributed by atoms with van der Waals surface area (Å²) in [6.07, 6.45) is -3.78. The van der Waals surface area contributed by atoms with Gasteiger partial charge in [-0.2, -0.15) is 0 Å². The summed E-state index contributed by atoms with van der Waals surface area (Å²) in [5, 5.41) is 89.4. The summed E-state index contributed by atoms with van der Waals surface area (Å²) in [5.41, 5.74) is 1.80. The van der Waals surface area contributed by atoms with E-state index in [1.54, 1.807) is 26.0 Å². The summed E-state index contributed by atoms with van der Waals surface area (Å²) in [5.74, 6) is 0. The van der Waals surface area contributed by atoms with Gasteiger partial charge in [0.25, 0.3) is 0 Å². The van der Waals surface area contributed by atoms with Gasteiger partial charge in [-0.05, 0) is 65.4 Å². The summed E-state index contributed by atoms with van der Waals surface area (Å²) in [7, 11) is 0. The Bertz CT molecular complexity index is 996. The third-order valence-corrected chi connectivity index (χ3v) is 8.34. The molecule has 9 N–H and O–H groups in total. The normalized spacial score (nSPS) is 35.6. The van der Waals surface area contributed by atoms with Crippen molar-refractivity contribution < 1.29 is 64.9 Å². The van der Waals surface area contributed by atoms with Gasteiger partial charge in [-0.3, -0.25) is 0 Å². The fourth-order valence-electron chi connectivity index (χ4n) is 4.99. The number of hydrogen-bond donors (Lipinski definition) is 9. The van der Waals surface area contributed by atoms with Gasteiger partial charge in [0.1, 0.15) is 48.8 Å². The number of allylic oxidation sites excluding steroid dienone is 3. The monoisotopic (exact) mass is 646 g/mol. The number of ether oxygens (including phenoxy) is 4. The van der Waals surface area contributed by atoms with E-state index in [1.807, 2.05) is 19.9 Å². The molecule has 0 saturated carbocycles. The molecule has 12 atom stereocenters. The van der Waals surface area contributed by atoms with E-state index in [0.717, 1.165) is 23.1 Å². The molecule has 2 aliphatic rings. The fourth-order valence-corrected chi connectivity index (χ4v) is 4.99. The Morgan fingerprint density at radius 3 is 1.89 bits per heavy atom. The lowest BCUT2D eigenvalue weighted by molar-refractivity contribution is -0.319. The largest absolute Gasteiger partial charge is 0.394 e. The van der Waals surface area contributed by atoms with Crippen LogP contribution in [0.4, 0.5) is 0 Å². The summed E-state index contributed by atoms with van der Waals surface area (Å²) < 4.78 is 22.2. The van der Waals surface area contributed by atoms with Crippen molar-refractivity contribution in [3.8, 4) is 0 Å². The van der Waals surface area contributed by atoms with E-state index in [9.17, 15) is 46.0 Å². The maximum atomic E-state index is 10.6. The first kappa shape index (κ1) is 39.6. The van der Waals surface area contributed by atoms with Gasteiger partial charge in [0, 0.05) is 0 Å². The number of hydrogen-bond acceptors (Lipinski definition) is 13. The first-order valence-electron chi connectivity index (χ1n) is 15.4. The molecule has 2 aliphatic heterocycles. The predicted molar refractivity (Wildman–Crippen MR) is 164 cm³/mol. The molecule has 0 aromatic rings. The van der Waals surface area contributed by atoms with Crippen molar-refractivity contribution in [2.45, 2.75) is 133 Å². The van der Waals surface area contributed by atoms with Crippen LogP contribution in [0, 0.1) is 0 Å². The Hall–Kier alpha value is -1.56. The lowest BCUT2D eigenvalue weighted by Gasteiger charge is -2.42. The van der Waals surface area contributed by atoms with Crippen molar-refractivity contribution in [2.24, 2.45) is 0 Å². The van der Waals surface area contributed by atoms with Gasteiger partial charge in [0.2, 0.25) is 0 Å². The van der Waals surface area contributed by atoms with Gasteiger partial charge in [0.05, 0.1) is 31.5 Å². The molecule has 260 valence electrons. The predicted octanol–water partition coefficient (Wildman–Crippen LogP) is -0.286. The highest BCUT2D eigenvalue weighted by atomic mass is 16.7. The second-order valence-corrected chi connectivity index (χ2v) is 12.2. The topological polar surface area (TPSA) is 219 Å². The Balaban J connectivity index is 1.78. The SMILES string of the molecule is C=CC(C)(CCC=C(C)CCC=C(C)C(O)CC=C(C)COC1OC(CO)C(O)C(O)C1O)OC1OC(CO)C(O)C(O)C1O. The van der Waals surface area contributed by atoms with Crippen LogP contribution in [0.1, 0.15) is 59.8 Å². The van der Waals surface area contributed by atoms with Crippen molar-refractivity contribution >= 4 is 0 Å². The summed E-state index contributed by atoms with van der Waals surface area (Å²) in [6, 6.07) is 0. The minimum absolute atomic E-state index is 0.0562. The second kappa shape index (κ2) is 18.7. The van der Waals surface area contributed by atoms with Gasteiger partial charge in [-0.25, -0.2) is 0 Å². The van der Waals surface area contributed by atoms with Gasteiger partial charge in [0.15, 0.2) is 12.6 Å². The Labute approximate surface area is 265 Å². The smallest absolute Gasteiger partial charge is 0.187 e. The minimum Gasteiger partial charge on any atom is -0.394 e. The molecule has 2 rings (SSSR count). The second-order valence-electron chi connectivity index (χ2n) is 12.2. The molecule has 0 spiro atoms. The van der Waals surface area contributed by atoms with Crippen LogP contribution in [0.3, 0.4) is 0 Å². The van der Waals surface area contributed by atoms with Gasteiger partial charge in [-0.15, -0.1) is 6.58 Å². The van der Waals surface area contributed by atoms with Crippen LogP contribution in [-0.2, 0) is 18.9 Å². The molecule has 0 aliphatic carbocycles. The zero-order chi connectivity index (χ0) is 33.9. The van der Waals surface area contributed by atoms with Crippen LogP contribution < -0.4 is 0 Å². The third kappa shape index (κ3) is 11.6. The minimum atomic E-state index is -1.52. The van der Waals surface area contributed by atoms with Crippen LogP contribution >= 0.6 is 0 Å².